The first-order chi connectivity index (χ1) is 14.3. The molecule has 30 heavy (non-hydrogen) atoms. The van der Waals surface area contributed by atoms with Crippen LogP contribution in [0.25, 0.3) is 11.0 Å². The van der Waals surface area contributed by atoms with Gasteiger partial charge in [-0.2, -0.15) is 0 Å². The minimum Gasteiger partial charge on any atom is -0.488 e. The predicted molar refractivity (Wildman–Crippen MR) is 110 cm³/mol. The number of aromatic nitrogens is 4. The number of rotatable bonds is 8. The van der Waals surface area contributed by atoms with Gasteiger partial charge in [0, 0.05) is 6.07 Å². The maximum atomic E-state index is 12.6. The van der Waals surface area contributed by atoms with Crippen LogP contribution in [0.2, 0.25) is 5.15 Å². The van der Waals surface area contributed by atoms with Gasteiger partial charge in [-0.3, -0.25) is 4.79 Å². The standard InChI is InChI=1S/C19H23ClN6O4/c1-3-25-12-6-5-11(30-10-16(27)28)7-13(12)26(4-2)15(25)9-23-19(29)17-18(21)22-8-14(20)24-17/h5-8,16,27-28H,3-4,9-10H2,1-2H3,(H2-,21,22,23,29)/p+1. The number of ether oxygens (including phenoxy) is 1. The fourth-order valence-electron chi connectivity index (χ4n) is 3.32. The van der Waals surface area contributed by atoms with Gasteiger partial charge < -0.3 is 26.0 Å². The second-order valence-corrected chi connectivity index (χ2v) is 6.84. The van der Waals surface area contributed by atoms with Crippen molar-refractivity contribution in [3.05, 3.63) is 41.1 Å². The summed E-state index contributed by atoms with van der Waals surface area (Å²) >= 11 is 5.83. The van der Waals surface area contributed by atoms with Crippen molar-refractivity contribution in [2.75, 3.05) is 12.3 Å². The zero-order valence-corrected chi connectivity index (χ0v) is 17.4. The molecule has 0 radical (unpaired) electrons. The van der Waals surface area contributed by atoms with E-state index in [1.165, 1.54) is 6.20 Å². The lowest BCUT2D eigenvalue weighted by molar-refractivity contribution is -0.676. The number of nitrogens with zero attached hydrogens (tertiary/aromatic N) is 4. The molecule has 2 aromatic heterocycles. The van der Waals surface area contributed by atoms with Crippen molar-refractivity contribution in [2.45, 2.75) is 39.8 Å². The van der Waals surface area contributed by atoms with Crippen LogP contribution in [0.5, 0.6) is 5.75 Å². The van der Waals surface area contributed by atoms with Gasteiger partial charge in [0.25, 0.3) is 11.7 Å². The van der Waals surface area contributed by atoms with Gasteiger partial charge in [0.15, 0.2) is 28.8 Å². The third kappa shape index (κ3) is 4.45. The number of halogens is 1. The molecule has 0 saturated carbocycles. The highest BCUT2D eigenvalue weighted by atomic mass is 35.5. The molecule has 0 fully saturated rings. The van der Waals surface area contributed by atoms with Crippen LogP contribution in [-0.4, -0.2) is 43.6 Å². The van der Waals surface area contributed by atoms with E-state index in [-0.39, 0.29) is 29.8 Å². The van der Waals surface area contributed by atoms with Crippen LogP contribution in [0.4, 0.5) is 5.82 Å². The summed E-state index contributed by atoms with van der Waals surface area (Å²) in [5.41, 5.74) is 7.58. The Balaban J connectivity index is 1.92. The largest absolute Gasteiger partial charge is 0.488 e. The Morgan fingerprint density at radius 3 is 2.83 bits per heavy atom. The molecule has 0 unspecified atom stereocenters. The smallest absolute Gasteiger partial charge is 0.277 e. The first kappa shape index (κ1) is 21.8. The number of carbonyl (C=O) groups is 1. The monoisotopic (exact) mass is 435 g/mol. The Kier molecular flexibility index (Phi) is 6.70. The van der Waals surface area contributed by atoms with Gasteiger partial charge in [-0.05, 0) is 26.0 Å². The maximum Gasteiger partial charge on any atom is 0.277 e. The van der Waals surface area contributed by atoms with Crippen molar-refractivity contribution in [1.29, 1.82) is 0 Å². The Hall–Kier alpha value is -2.95. The van der Waals surface area contributed by atoms with Crippen LogP contribution in [0.15, 0.2) is 24.4 Å². The molecule has 0 saturated heterocycles. The summed E-state index contributed by atoms with van der Waals surface area (Å²) in [5, 5.41) is 21.0. The van der Waals surface area contributed by atoms with E-state index >= 15 is 0 Å². The number of nitrogen functional groups attached to an aromatic ring is 1. The van der Waals surface area contributed by atoms with E-state index in [4.69, 9.17) is 32.3 Å². The highest BCUT2D eigenvalue weighted by Crippen LogP contribution is 2.22. The average molecular weight is 436 g/mol. The molecule has 11 heteroatoms. The number of nitrogens with two attached hydrogens (primary N) is 1. The number of fused-ring (bicyclic) bond motifs is 1. The fourth-order valence-corrected chi connectivity index (χ4v) is 3.45. The number of anilines is 1. The number of aliphatic hydroxyl groups excluding tert-OH is 1. The zero-order chi connectivity index (χ0) is 21.8. The summed E-state index contributed by atoms with van der Waals surface area (Å²) in [7, 11) is 0. The van der Waals surface area contributed by atoms with Crippen molar-refractivity contribution in [3.63, 3.8) is 0 Å². The lowest BCUT2D eigenvalue weighted by Crippen LogP contribution is -2.40. The van der Waals surface area contributed by atoms with Gasteiger partial charge in [-0.25, -0.2) is 19.1 Å². The zero-order valence-electron chi connectivity index (χ0n) is 16.7. The molecule has 0 aliphatic heterocycles. The summed E-state index contributed by atoms with van der Waals surface area (Å²) < 4.78 is 9.53. The van der Waals surface area contributed by atoms with Gasteiger partial charge >= 0.3 is 0 Å². The third-order valence-corrected chi connectivity index (χ3v) is 4.76. The van der Waals surface area contributed by atoms with E-state index in [1.54, 1.807) is 6.07 Å². The Bertz CT molecular complexity index is 1070. The van der Waals surface area contributed by atoms with Crippen molar-refractivity contribution in [2.24, 2.45) is 0 Å². The minimum atomic E-state index is -1.55. The summed E-state index contributed by atoms with van der Waals surface area (Å²) in [6, 6.07) is 5.50. The SMILES string of the molecule is CCn1c(CNC(=O)c2nc(Cl)cnc2N)[n+](CC)c2ccc(OCC(O)O)cc21. The fraction of sp³-hybridized carbons (Fsp3) is 0.368. The number of carbonyl (C=O) groups excluding carboxylic acids is 1. The van der Waals surface area contributed by atoms with Crippen molar-refractivity contribution in [3.8, 4) is 5.75 Å². The van der Waals surface area contributed by atoms with Crippen LogP contribution in [0, 0.1) is 0 Å². The van der Waals surface area contributed by atoms with Gasteiger partial charge in [0.05, 0.1) is 19.3 Å². The van der Waals surface area contributed by atoms with Crippen molar-refractivity contribution in [1.82, 2.24) is 19.9 Å². The molecular formula is C19H24ClN6O4+. The number of aliphatic hydroxyl groups is 2. The second kappa shape index (κ2) is 9.24. The average Bonchev–Trinajstić information content (AvgIpc) is 3.03. The van der Waals surface area contributed by atoms with Crippen LogP contribution in [0.3, 0.4) is 0 Å². The summed E-state index contributed by atoms with van der Waals surface area (Å²) in [6.07, 6.45) is -0.268. The van der Waals surface area contributed by atoms with Gasteiger partial charge in [-0.15, -0.1) is 0 Å². The number of amides is 1. The van der Waals surface area contributed by atoms with E-state index < -0.39 is 12.2 Å². The van der Waals surface area contributed by atoms with E-state index in [1.807, 2.05) is 30.5 Å². The van der Waals surface area contributed by atoms with Crippen LogP contribution in [0.1, 0.15) is 30.2 Å². The molecule has 0 bridgehead atoms. The Morgan fingerprint density at radius 2 is 2.17 bits per heavy atom. The highest BCUT2D eigenvalue weighted by molar-refractivity contribution is 6.29. The summed E-state index contributed by atoms with van der Waals surface area (Å²) in [5.74, 6) is 0.919. The van der Waals surface area contributed by atoms with Gasteiger partial charge in [0.2, 0.25) is 0 Å². The van der Waals surface area contributed by atoms with Gasteiger partial charge in [0.1, 0.15) is 24.1 Å². The van der Waals surface area contributed by atoms with E-state index in [0.29, 0.717) is 18.8 Å². The molecule has 3 rings (SSSR count). The van der Waals surface area contributed by atoms with Crippen LogP contribution >= 0.6 is 11.6 Å². The molecule has 1 aromatic carbocycles. The Morgan fingerprint density at radius 1 is 1.40 bits per heavy atom. The molecule has 3 aromatic rings. The molecule has 1 amide bonds. The number of hydrogen-bond donors (Lipinski definition) is 4. The minimum absolute atomic E-state index is 0.00386. The van der Waals surface area contributed by atoms with E-state index in [9.17, 15) is 4.79 Å². The van der Waals surface area contributed by atoms with Crippen molar-refractivity contribution >= 4 is 34.4 Å². The number of nitrogens with one attached hydrogen (secondary N) is 1. The number of aryl methyl sites for hydroxylation is 2. The lowest BCUT2D eigenvalue weighted by atomic mass is 10.3. The van der Waals surface area contributed by atoms with Gasteiger partial charge in [-0.1, -0.05) is 11.6 Å². The second-order valence-electron chi connectivity index (χ2n) is 6.46. The molecule has 0 aliphatic rings. The highest BCUT2D eigenvalue weighted by Gasteiger charge is 2.25. The first-order valence-corrected chi connectivity index (χ1v) is 9.83. The molecule has 0 aliphatic carbocycles. The lowest BCUT2D eigenvalue weighted by Gasteiger charge is -2.07. The van der Waals surface area contributed by atoms with E-state index in [0.717, 1.165) is 16.9 Å². The third-order valence-electron chi connectivity index (χ3n) is 4.58. The maximum absolute atomic E-state index is 12.6. The topological polar surface area (TPSA) is 139 Å². The number of benzene rings is 1. The molecule has 0 atom stereocenters. The first-order valence-electron chi connectivity index (χ1n) is 9.45. The molecule has 160 valence electrons. The number of imidazole rings is 1. The quantitative estimate of drug-likeness (QED) is 0.300. The number of hydrogen-bond acceptors (Lipinski definition) is 7. The molecular weight excluding hydrogens is 412 g/mol. The Labute approximate surface area is 177 Å². The van der Waals surface area contributed by atoms with Crippen LogP contribution < -0.4 is 20.4 Å². The van der Waals surface area contributed by atoms with E-state index in [2.05, 4.69) is 19.9 Å². The molecule has 10 nitrogen and oxygen atoms in total. The molecule has 5 N–H and O–H groups in total. The normalized spacial score (nSPS) is 11.3. The predicted octanol–water partition coefficient (Wildman–Crippen LogP) is 0.614. The summed E-state index contributed by atoms with van der Waals surface area (Å²) in [6.45, 7) is 5.35. The molecule has 2 heterocycles. The summed E-state index contributed by atoms with van der Waals surface area (Å²) in [4.78, 5) is 20.4. The van der Waals surface area contributed by atoms with Crippen LogP contribution in [-0.2, 0) is 19.6 Å². The molecule has 0 spiro atoms. The van der Waals surface area contributed by atoms with Crippen molar-refractivity contribution < 1.29 is 24.3 Å².